The molecule has 118 valence electrons. The van der Waals surface area contributed by atoms with Gasteiger partial charge in [0.2, 0.25) is 0 Å². The van der Waals surface area contributed by atoms with E-state index in [0.29, 0.717) is 18.8 Å². The number of pyridine rings is 1. The average molecular weight is 387 g/mol. The second-order valence-corrected chi connectivity index (χ2v) is 5.91. The van der Waals surface area contributed by atoms with Crippen LogP contribution in [0, 0.1) is 0 Å². The van der Waals surface area contributed by atoms with Gasteiger partial charge in [-0.1, -0.05) is 12.1 Å². The standard InChI is InChI=1S/C15H16BrN3O2.ClH/c16-11-3-1-2-9-4-7-13(18-14(9)11)19-15(20)12-6-5-10(8-17)21-12;/h1-4,7,10,12H,5-6,8,17H2,(H,18,19,20);1H/t10-,12+;/m1./s1. The fourth-order valence-electron chi connectivity index (χ4n) is 2.46. The zero-order valence-electron chi connectivity index (χ0n) is 11.8. The molecule has 1 saturated heterocycles. The number of benzene rings is 1. The molecule has 2 heterocycles. The van der Waals surface area contributed by atoms with Crippen molar-refractivity contribution in [2.75, 3.05) is 11.9 Å². The first kappa shape index (κ1) is 17.1. The van der Waals surface area contributed by atoms with Crippen LogP contribution in [0.2, 0.25) is 0 Å². The molecule has 0 unspecified atom stereocenters. The molecule has 0 aliphatic carbocycles. The van der Waals surface area contributed by atoms with Crippen molar-refractivity contribution in [3.05, 3.63) is 34.8 Å². The van der Waals surface area contributed by atoms with Crippen LogP contribution >= 0.6 is 28.3 Å². The summed E-state index contributed by atoms with van der Waals surface area (Å²) in [5, 5.41) is 3.83. The summed E-state index contributed by atoms with van der Waals surface area (Å²) < 4.78 is 6.48. The number of rotatable bonds is 3. The van der Waals surface area contributed by atoms with Gasteiger partial charge in [-0.3, -0.25) is 4.79 Å². The number of nitrogens with zero attached hydrogens (tertiary/aromatic N) is 1. The molecule has 1 amide bonds. The van der Waals surface area contributed by atoms with E-state index in [0.717, 1.165) is 21.8 Å². The van der Waals surface area contributed by atoms with Crippen molar-refractivity contribution in [3.8, 4) is 0 Å². The molecule has 0 saturated carbocycles. The first-order chi connectivity index (χ1) is 10.2. The van der Waals surface area contributed by atoms with E-state index in [1.54, 1.807) is 6.07 Å². The highest BCUT2D eigenvalue weighted by atomic mass is 79.9. The van der Waals surface area contributed by atoms with E-state index in [1.807, 2.05) is 24.3 Å². The number of nitrogens with two attached hydrogens (primary N) is 1. The maximum Gasteiger partial charge on any atom is 0.254 e. The number of hydrogen-bond donors (Lipinski definition) is 2. The Morgan fingerprint density at radius 3 is 2.91 bits per heavy atom. The van der Waals surface area contributed by atoms with Gasteiger partial charge >= 0.3 is 0 Å². The van der Waals surface area contributed by atoms with Gasteiger partial charge in [-0.05, 0) is 47.0 Å². The molecule has 2 atom stereocenters. The van der Waals surface area contributed by atoms with Crippen LogP contribution in [0.5, 0.6) is 0 Å². The molecule has 1 aliphatic heterocycles. The third-order valence-electron chi connectivity index (χ3n) is 3.59. The third kappa shape index (κ3) is 3.57. The Morgan fingerprint density at radius 1 is 1.36 bits per heavy atom. The molecule has 1 aromatic heterocycles. The summed E-state index contributed by atoms with van der Waals surface area (Å²) in [5.41, 5.74) is 6.38. The summed E-state index contributed by atoms with van der Waals surface area (Å²) in [6, 6.07) is 9.58. The lowest BCUT2D eigenvalue weighted by Crippen LogP contribution is -2.30. The number of anilines is 1. The Labute approximate surface area is 143 Å². The average Bonchev–Trinajstić information content (AvgIpc) is 2.97. The summed E-state index contributed by atoms with van der Waals surface area (Å²) in [5.74, 6) is 0.365. The van der Waals surface area contributed by atoms with Crippen LogP contribution in [-0.2, 0) is 9.53 Å². The van der Waals surface area contributed by atoms with Crippen LogP contribution < -0.4 is 11.1 Å². The number of para-hydroxylation sites is 1. The molecule has 0 spiro atoms. The Kier molecular flexibility index (Phi) is 5.74. The van der Waals surface area contributed by atoms with Gasteiger partial charge in [0.25, 0.3) is 5.91 Å². The summed E-state index contributed by atoms with van der Waals surface area (Å²) in [6.45, 7) is 0.449. The van der Waals surface area contributed by atoms with Crippen LogP contribution in [0.15, 0.2) is 34.8 Å². The van der Waals surface area contributed by atoms with Gasteiger partial charge < -0.3 is 15.8 Å². The highest BCUT2D eigenvalue weighted by molar-refractivity contribution is 9.10. The molecule has 0 bridgehead atoms. The van der Waals surface area contributed by atoms with E-state index < -0.39 is 6.10 Å². The van der Waals surface area contributed by atoms with E-state index in [2.05, 4.69) is 26.2 Å². The second-order valence-electron chi connectivity index (χ2n) is 5.06. The van der Waals surface area contributed by atoms with E-state index in [9.17, 15) is 4.79 Å². The molecule has 22 heavy (non-hydrogen) atoms. The van der Waals surface area contributed by atoms with Crippen molar-refractivity contribution in [1.82, 2.24) is 4.98 Å². The molecule has 1 fully saturated rings. The summed E-state index contributed by atoms with van der Waals surface area (Å²) in [7, 11) is 0. The number of aromatic nitrogens is 1. The van der Waals surface area contributed by atoms with Gasteiger partial charge in [-0.2, -0.15) is 0 Å². The molecule has 1 aliphatic rings. The van der Waals surface area contributed by atoms with Gasteiger partial charge in [0.15, 0.2) is 0 Å². The quantitative estimate of drug-likeness (QED) is 0.850. The topological polar surface area (TPSA) is 77.2 Å². The summed E-state index contributed by atoms with van der Waals surface area (Å²) >= 11 is 3.47. The van der Waals surface area contributed by atoms with E-state index in [4.69, 9.17) is 10.5 Å². The number of carbonyl (C=O) groups excluding carboxylic acids is 1. The van der Waals surface area contributed by atoms with Crippen molar-refractivity contribution < 1.29 is 9.53 Å². The first-order valence-electron chi connectivity index (χ1n) is 6.89. The zero-order chi connectivity index (χ0) is 14.8. The van der Waals surface area contributed by atoms with Gasteiger partial charge in [0.1, 0.15) is 11.9 Å². The summed E-state index contributed by atoms with van der Waals surface area (Å²) in [4.78, 5) is 16.6. The number of amides is 1. The van der Waals surface area contributed by atoms with E-state index in [-0.39, 0.29) is 24.4 Å². The highest BCUT2D eigenvalue weighted by Crippen LogP contribution is 2.24. The highest BCUT2D eigenvalue weighted by Gasteiger charge is 2.30. The molecular weight excluding hydrogens is 370 g/mol. The fourth-order valence-corrected chi connectivity index (χ4v) is 2.93. The third-order valence-corrected chi connectivity index (χ3v) is 4.23. The normalized spacial score (nSPS) is 20.6. The predicted octanol–water partition coefficient (Wildman–Crippen LogP) is 2.86. The monoisotopic (exact) mass is 385 g/mol. The molecule has 0 radical (unpaired) electrons. The van der Waals surface area contributed by atoms with Crippen LogP contribution in [-0.4, -0.2) is 29.6 Å². The van der Waals surface area contributed by atoms with Crippen molar-refractivity contribution in [3.63, 3.8) is 0 Å². The van der Waals surface area contributed by atoms with Gasteiger partial charge in [0.05, 0.1) is 11.6 Å². The van der Waals surface area contributed by atoms with Crippen LogP contribution in [0.4, 0.5) is 5.82 Å². The second kappa shape index (κ2) is 7.37. The maximum atomic E-state index is 12.2. The Bertz CT molecular complexity index is 683. The van der Waals surface area contributed by atoms with Gasteiger partial charge in [-0.15, -0.1) is 12.4 Å². The first-order valence-corrected chi connectivity index (χ1v) is 7.68. The molecule has 5 nitrogen and oxygen atoms in total. The molecule has 1 aromatic carbocycles. The molecule has 2 aromatic rings. The number of ether oxygens (including phenoxy) is 1. The minimum atomic E-state index is -0.435. The van der Waals surface area contributed by atoms with Crippen molar-refractivity contribution in [2.45, 2.75) is 25.0 Å². The molecule has 3 N–H and O–H groups in total. The van der Waals surface area contributed by atoms with Crippen molar-refractivity contribution in [2.24, 2.45) is 5.73 Å². The van der Waals surface area contributed by atoms with Crippen LogP contribution in [0.25, 0.3) is 10.9 Å². The number of nitrogens with one attached hydrogen (secondary N) is 1. The minimum absolute atomic E-state index is 0. The SMILES string of the molecule is Cl.NC[C@H]1CC[C@@H](C(=O)Nc2ccc3cccc(Br)c3n2)O1. The lowest BCUT2D eigenvalue weighted by Gasteiger charge is -2.12. The molecule has 7 heteroatoms. The van der Waals surface area contributed by atoms with E-state index in [1.165, 1.54) is 0 Å². The summed E-state index contributed by atoms with van der Waals surface area (Å²) in [6.07, 6.45) is 1.07. The largest absolute Gasteiger partial charge is 0.364 e. The lowest BCUT2D eigenvalue weighted by atomic mass is 10.2. The Morgan fingerprint density at radius 2 is 2.18 bits per heavy atom. The predicted molar refractivity (Wildman–Crippen MR) is 92.3 cm³/mol. The smallest absolute Gasteiger partial charge is 0.254 e. The Hall–Kier alpha value is -1.21. The zero-order valence-corrected chi connectivity index (χ0v) is 14.2. The number of fused-ring (bicyclic) bond motifs is 1. The number of carbonyl (C=O) groups is 1. The van der Waals surface area contributed by atoms with Gasteiger partial charge in [-0.25, -0.2) is 4.98 Å². The van der Waals surface area contributed by atoms with Crippen molar-refractivity contribution in [1.29, 1.82) is 0 Å². The van der Waals surface area contributed by atoms with Crippen LogP contribution in [0.3, 0.4) is 0 Å². The maximum absolute atomic E-state index is 12.2. The number of hydrogen-bond acceptors (Lipinski definition) is 4. The number of halogens is 2. The van der Waals surface area contributed by atoms with Gasteiger partial charge in [0, 0.05) is 16.4 Å². The van der Waals surface area contributed by atoms with Crippen LogP contribution in [0.1, 0.15) is 12.8 Å². The van der Waals surface area contributed by atoms with Crippen molar-refractivity contribution >= 4 is 51.0 Å². The lowest BCUT2D eigenvalue weighted by molar-refractivity contribution is -0.126. The minimum Gasteiger partial charge on any atom is -0.364 e. The molecular formula is C15H17BrClN3O2. The molecule has 3 rings (SSSR count). The van der Waals surface area contributed by atoms with E-state index >= 15 is 0 Å². The Balaban J connectivity index is 0.00000176. The fraction of sp³-hybridized carbons (Fsp3) is 0.333.